The molecule has 13 nitrogen and oxygen atoms in total. The van der Waals surface area contributed by atoms with E-state index in [2.05, 4.69) is 0 Å². The fraction of sp³-hybridized carbons (Fsp3) is 0.147. The number of ketones is 7. The molecule has 0 bridgehead atoms. The molecule has 2 heterocycles. The predicted octanol–water partition coefficient (Wildman–Crippen LogP) is 22.0. The van der Waals surface area contributed by atoms with Crippen LogP contribution < -0.4 is 10.9 Å². The number of ether oxygens (including phenoxy) is 1. The van der Waals surface area contributed by atoms with Gasteiger partial charge in [-0.15, -0.1) is 11.3 Å². The Morgan fingerprint density at radius 1 is 0.379 bits per heavy atom. The maximum Gasteiger partial charge on any atom is 0.200 e. The highest BCUT2D eigenvalue weighted by Gasteiger charge is 2.40. The molecule has 17 rings (SSSR count). The van der Waals surface area contributed by atoms with E-state index in [0.29, 0.717) is 86.6 Å². The first-order valence-electron chi connectivity index (χ1n) is 38.4. The highest BCUT2D eigenvalue weighted by molar-refractivity contribution is 7.24. The van der Waals surface area contributed by atoms with E-state index in [1.165, 1.54) is 13.8 Å². The number of hydrogen-bond acceptors (Lipinski definition) is 14. The topological polar surface area (TPSA) is 216 Å². The average Bonchev–Trinajstić information content (AvgIpc) is 0.777. The van der Waals surface area contributed by atoms with Gasteiger partial charge in [-0.05, 0) is 87.2 Å². The number of hydrogen-bond donors (Lipinski definition) is 2. The molecule has 14 heteroatoms. The number of Topliss-reactive ketones (excluding diaryl/α,β-unsaturated/α-hetero) is 4. The number of carbonyl (C=O) groups is 7. The van der Waals surface area contributed by atoms with Crippen molar-refractivity contribution in [2.24, 2.45) is 0 Å². The first-order valence-corrected chi connectivity index (χ1v) is 39.2. The molecule has 15 aromatic rings. The standard InChI is InChI=1S/C17H18O2.C14H8O2.C13H8O2.C13H16O2.C13H8OS.C13H10O.C10H12O2.C9H10O/c1-3-17(19-2,15-12-8-5-9-13-15)16(18)14-10-6-4-7-11-14;15-13-9-5-1-2-6-10(9)14(16)12-8-4-3-7-11(12)13;14-13-9-5-1-3-7-11(9)15-12-8-4-2-6-10(12)13;14-12(11-7-3-1-4-8-11)13(15)9-5-2-6-10-13;14-13-9-5-1-3-7-11(9)15-12-8-4-2-6-10(12)13;14-13(11-7-3-1-4-8-11)12-9-5-2-6-10-12;1-10(2,12)9(11)8-6-4-3-5-7-8;1-2-9(10)8-6-4-3-5-7-8/h4-13H,3H2,1-2H3;1-8H;1-8H;1,3-4,7-8,15H,2,5-6,9-10H2;1-8H;1-10H;3-7,12H,1-2H3;3-7H,2H2,1H3. The van der Waals surface area contributed by atoms with E-state index in [1.807, 2.05) is 275 Å². The second-order valence-corrected chi connectivity index (χ2v) is 28.9. The van der Waals surface area contributed by atoms with E-state index in [1.54, 1.807) is 116 Å². The van der Waals surface area contributed by atoms with Gasteiger partial charge in [0.25, 0.3) is 0 Å². The van der Waals surface area contributed by atoms with E-state index in [0.717, 1.165) is 61.7 Å². The van der Waals surface area contributed by atoms with E-state index < -0.39 is 16.8 Å². The van der Waals surface area contributed by atoms with Gasteiger partial charge in [-0.2, -0.15) is 0 Å². The molecule has 1 saturated carbocycles. The fourth-order valence-electron chi connectivity index (χ4n) is 13.3. The Hall–Kier alpha value is -13.2. The Balaban J connectivity index is 0.000000141. The zero-order valence-electron chi connectivity index (χ0n) is 65.3. The van der Waals surface area contributed by atoms with Crippen molar-refractivity contribution in [2.75, 3.05) is 7.11 Å². The molecule has 13 aromatic carbocycles. The minimum absolute atomic E-state index is 0.00398. The average molecular weight is 1560 g/mol. The van der Waals surface area contributed by atoms with E-state index in [-0.39, 0.29) is 51.3 Å². The molecule has 116 heavy (non-hydrogen) atoms. The highest BCUT2D eigenvalue weighted by Crippen LogP contribution is 2.34. The van der Waals surface area contributed by atoms with Crippen LogP contribution in [0.2, 0.25) is 0 Å². The summed E-state index contributed by atoms with van der Waals surface area (Å²) in [5.74, 6) is -0.196. The van der Waals surface area contributed by atoms with Crippen molar-refractivity contribution in [3.63, 3.8) is 0 Å². The van der Waals surface area contributed by atoms with Crippen LogP contribution >= 0.6 is 11.3 Å². The molecule has 0 radical (unpaired) electrons. The van der Waals surface area contributed by atoms with E-state index >= 15 is 0 Å². The Morgan fingerprint density at radius 2 is 0.690 bits per heavy atom. The third-order valence-corrected chi connectivity index (χ3v) is 20.7. The minimum Gasteiger partial charge on any atom is -0.456 e. The number of rotatable bonds is 13. The van der Waals surface area contributed by atoms with E-state index in [9.17, 15) is 53.4 Å². The summed E-state index contributed by atoms with van der Waals surface area (Å²) >= 11 is 1.67. The molecule has 582 valence electrons. The minimum atomic E-state index is -1.28. The van der Waals surface area contributed by atoms with Crippen LogP contribution in [-0.2, 0) is 10.3 Å². The van der Waals surface area contributed by atoms with Crippen LogP contribution in [0, 0.1) is 0 Å². The number of carbonyl (C=O) groups excluding carboxylic acids is 7. The van der Waals surface area contributed by atoms with Gasteiger partial charge in [-0.25, -0.2) is 0 Å². The van der Waals surface area contributed by atoms with Crippen molar-refractivity contribution in [1.82, 2.24) is 0 Å². The van der Waals surface area contributed by atoms with Gasteiger partial charge in [0, 0.05) is 89.3 Å². The van der Waals surface area contributed by atoms with Crippen molar-refractivity contribution in [3.05, 3.63) is 440 Å². The molecule has 0 spiro atoms. The van der Waals surface area contributed by atoms with Crippen LogP contribution in [0.3, 0.4) is 0 Å². The third-order valence-electron chi connectivity index (χ3n) is 19.5. The summed E-state index contributed by atoms with van der Waals surface area (Å²) in [5, 5.41) is 22.5. The summed E-state index contributed by atoms with van der Waals surface area (Å²) in [6, 6.07) is 109. The fourth-order valence-corrected chi connectivity index (χ4v) is 14.3. The summed E-state index contributed by atoms with van der Waals surface area (Å²) in [5.41, 5.74) is 5.23. The summed E-state index contributed by atoms with van der Waals surface area (Å²) in [6.07, 6.45) is 5.45. The number of fused-ring (bicyclic) bond motifs is 6. The van der Waals surface area contributed by atoms with Crippen LogP contribution in [0.5, 0.6) is 0 Å². The van der Waals surface area contributed by atoms with Crippen molar-refractivity contribution < 1.29 is 52.9 Å². The molecule has 0 saturated heterocycles. The quantitative estimate of drug-likeness (QED) is 0.0812. The normalized spacial score (nSPS) is 12.6. The van der Waals surface area contributed by atoms with Gasteiger partial charge in [-0.1, -0.05) is 342 Å². The van der Waals surface area contributed by atoms with Crippen molar-refractivity contribution in [3.8, 4) is 0 Å². The van der Waals surface area contributed by atoms with Gasteiger partial charge in [0.15, 0.2) is 51.5 Å². The maximum absolute atomic E-state index is 12.8. The number of aliphatic hydroxyl groups is 2. The number of methoxy groups -OCH3 is 1. The van der Waals surface area contributed by atoms with Gasteiger partial charge < -0.3 is 19.4 Å². The molecule has 0 amide bonds. The molecule has 1 atom stereocenters. The summed E-state index contributed by atoms with van der Waals surface area (Å²) in [4.78, 5) is 107. The van der Waals surface area contributed by atoms with Crippen molar-refractivity contribution >= 4 is 93.9 Å². The summed E-state index contributed by atoms with van der Waals surface area (Å²) in [6.45, 7) is 6.82. The smallest absolute Gasteiger partial charge is 0.200 e. The van der Waals surface area contributed by atoms with Crippen LogP contribution in [-0.4, -0.2) is 69.0 Å². The lowest BCUT2D eigenvalue weighted by molar-refractivity contribution is -0.00345. The molecular formula is C102H90O13S. The third kappa shape index (κ3) is 21.8. The molecule has 0 aliphatic heterocycles. The van der Waals surface area contributed by atoms with Gasteiger partial charge in [0.2, 0.25) is 5.43 Å². The second-order valence-electron chi connectivity index (χ2n) is 27.8. The molecule has 2 aliphatic rings. The first-order chi connectivity index (χ1) is 56.2. The molecule has 1 unspecified atom stereocenters. The summed E-state index contributed by atoms with van der Waals surface area (Å²) in [7, 11) is 1.59. The van der Waals surface area contributed by atoms with Gasteiger partial charge in [0.05, 0.1) is 10.8 Å². The van der Waals surface area contributed by atoms with Crippen LogP contribution in [0.4, 0.5) is 0 Å². The lowest BCUT2D eigenvalue weighted by atomic mass is 9.79. The van der Waals surface area contributed by atoms with Gasteiger partial charge in [0.1, 0.15) is 22.4 Å². The van der Waals surface area contributed by atoms with Crippen LogP contribution in [0.1, 0.15) is 167 Å². The zero-order chi connectivity index (χ0) is 82.5. The van der Waals surface area contributed by atoms with Gasteiger partial charge in [-0.3, -0.25) is 43.2 Å². The second kappa shape index (κ2) is 41.5. The largest absolute Gasteiger partial charge is 0.456 e. The van der Waals surface area contributed by atoms with Gasteiger partial charge >= 0.3 is 0 Å². The van der Waals surface area contributed by atoms with Crippen LogP contribution in [0.25, 0.3) is 42.1 Å². The highest BCUT2D eigenvalue weighted by atomic mass is 32.1. The lowest BCUT2D eigenvalue weighted by Gasteiger charge is -2.30. The molecular weight excluding hydrogens is 1470 g/mol. The Bertz CT molecular complexity index is 5550. The predicted molar refractivity (Wildman–Crippen MR) is 465 cm³/mol. The van der Waals surface area contributed by atoms with Crippen LogP contribution in [0.15, 0.2) is 372 Å². The lowest BCUT2D eigenvalue weighted by Crippen LogP contribution is -2.40. The SMILES string of the molecule is CC(C)(O)C(=O)c1ccccc1.CCC(=O)c1ccccc1.CCC(OC)(C(=O)c1ccccc1)c1ccccc1.O=C(c1ccccc1)C1(O)CCCCC1.O=C(c1ccccc1)c1ccccc1.O=C1c2ccccc2C(=O)c2ccccc21.O=c1c2ccccc2oc2ccccc12.O=c1c2ccccc2sc2ccccc12. The molecule has 2 aliphatic carbocycles. The Kier molecular flexibility index (Phi) is 30.5. The first kappa shape index (κ1) is 85.2. The Labute approximate surface area is 678 Å². The number of para-hydroxylation sites is 2. The van der Waals surface area contributed by atoms with Crippen molar-refractivity contribution in [1.29, 1.82) is 0 Å². The monoisotopic (exact) mass is 1550 g/mol. The Morgan fingerprint density at radius 3 is 1.06 bits per heavy atom. The van der Waals surface area contributed by atoms with Crippen molar-refractivity contribution in [2.45, 2.75) is 89.4 Å². The zero-order valence-corrected chi connectivity index (χ0v) is 66.1. The molecule has 1 fully saturated rings. The number of benzene rings is 13. The summed E-state index contributed by atoms with van der Waals surface area (Å²) < 4.78 is 13.4. The molecule has 2 aromatic heterocycles. The maximum atomic E-state index is 12.8. The molecule has 2 N–H and O–H groups in total. The van der Waals surface area contributed by atoms with E-state index in [4.69, 9.17) is 9.15 Å².